The summed E-state index contributed by atoms with van der Waals surface area (Å²) in [7, 11) is 0. The van der Waals surface area contributed by atoms with Crippen LogP contribution in [0, 0.1) is 0 Å². The van der Waals surface area contributed by atoms with Crippen LogP contribution in [0.5, 0.6) is 0 Å². The average molecular weight is 397 g/mol. The molecule has 0 aliphatic heterocycles. The van der Waals surface area contributed by atoms with Crippen molar-refractivity contribution < 1.29 is 9.59 Å². The van der Waals surface area contributed by atoms with Gasteiger partial charge in [0.25, 0.3) is 5.91 Å². The van der Waals surface area contributed by atoms with Gasteiger partial charge in [0.15, 0.2) is 0 Å². The summed E-state index contributed by atoms with van der Waals surface area (Å²) in [5, 5.41) is 7.08. The van der Waals surface area contributed by atoms with Gasteiger partial charge in [0.1, 0.15) is 0 Å². The van der Waals surface area contributed by atoms with Crippen LogP contribution in [0.4, 0.5) is 5.69 Å². The molecular formula is C25H23N3O2. The highest BCUT2D eigenvalue weighted by atomic mass is 16.2. The van der Waals surface area contributed by atoms with Crippen LogP contribution in [0.15, 0.2) is 96.1 Å². The molecule has 0 saturated carbocycles. The van der Waals surface area contributed by atoms with Crippen molar-refractivity contribution in [3.05, 3.63) is 108 Å². The lowest BCUT2D eigenvalue weighted by molar-refractivity contribution is -0.115. The van der Waals surface area contributed by atoms with Crippen LogP contribution in [0.1, 0.15) is 34.8 Å². The van der Waals surface area contributed by atoms with Crippen molar-refractivity contribution in [2.75, 3.05) is 5.32 Å². The van der Waals surface area contributed by atoms with E-state index in [0.29, 0.717) is 23.4 Å². The van der Waals surface area contributed by atoms with Crippen molar-refractivity contribution in [1.29, 1.82) is 0 Å². The normalized spacial score (nSPS) is 11.3. The summed E-state index contributed by atoms with van der Waals surface area (Å²) in [4.78, 5) is 24.0. The Kier molecular flexibility index (Phi) is 7.28. The molecule has 3 rings (SSSR count). The Morgan fingerprint density at radius 2 is 1.47 bits per heavy atom. The molecule has 3 aromatic carbocycles. The van der Waals surface area contributed by atoms with Crippen LogP contribution < -0.4 is 10.7 Å². The number of carbonyl (C=O) groups excluding carboxylic acids is 2. The van der Waals surface area contributed by atoms with Gasteiger partial charge < -0.3 is 5.32 Å². The van der Waals surface area contributed by atoms with E-state index in [-0.39, 0.29) is 11.8 Å². The second-order valence-electron chi connectivity index (χ2n) is 6.53. The van der Waals surface area contributed by atoms with E-state index in [9.17, 15) is 9.59 Å². The molecule has 0 bridgehead atoms. The van der Waals surface area contributed by atoms with E-state index in [1.165, 1.54) is 0 Å². The highest BCUT2D eigenvalue weighted by Gasteiger charge is 2.07. The van der Waals surface area contributed by atoms with E-state index in [2.05, 4.69) is 15.8 Å². The molecule has 150 valence electrons. The van der Waals surface area contributed by atoms with E-state index in [1.807, 2.05) is 72.8 Å². The molecule has 0 spiro atoms. The number of allylic oxidation sites excluding steroid dienone is 1. The Bertz CT molecular complexity index is 1040. The number of hydrogen-bond donors (Lipinski definition) is 2. The van der Waals surface area contributed by atoms with Gasteiger partial charge in [0.05, 0.1) is 5.71 Å². The third-order valence-corrected chi connectivity index (χ3v) is 4.33. The van der Waals surface area contributed by atoms with Crippen LogP contribution in [0.2, 0.25) is 0 Å². The predicted molar refractivity (Wildman–Crippen MR) is 121 cm³/mol. The van der Waals surface area contributed by atoms with Crippen molar-refractivity contribution >= 4 is 29.3 Å². The molecule has 0 atom stereocenters. The minimum absolute atomic E-state index is 0.0745. The van der Waals surface area contributed by atoms with Gasteiger partial charge in [0, 0.05) is 23.2 Å². The molecule has 3 aromatic rings. The SMILES string of the molecule is CCC(=O)Nc1ccc(C(=O)N/N=C(/C=C\c2ccccc2)c2ccccc2)cc1. The van der Waals surface area contributed by atoms with Gasteiger partial charge in [-0.3, -0.25) is 9.59 Å². The maximum absolute atomic E-state index is 12.5. The summed E-state index contributed by atoms with van der Waals surface area (Å²) in [6, 6.07) is 26.2. The molecule has 5 nitrogen and oxygen atoms in total. The van der Waals surface area contributed by atoms with Crippen LogP contribution in [-0.2, 0) is 4.79 Å². The molecule has 0 aromatic heterocycles. The first kappa shape index (κ1) is 20.7. The Morgan fingerprint density at radius 1 is 0.833 bits per heavy atom. The topological polar surface area (TPSA) is 70.6 Å². The molecule has 0 unspecified atom stereocenters. The maximum atomic E-state index is 12.5. The van der Waals surface area contributed by atoms with E-state index < -0.39 is 0 Å². The fraction of sp³-hybridized carbons (Fsp3) is 0.0800. The molecular weight excluding hydrogens is 374 g/mol. The number of hydrogen-bond acceptors (Lipinski definition) is 3. The van der Waals surface area contributed by atoms with Crippen molar-refractivity contribution in [2.45, 2.75) is 13.3 Å². The van der Waals surface area contributed by atoms with E-state index >= 15 is 0 Å². The molecule has 2 N–H and O–H groups in total. The second kappa shape index (κ2) is 10.5. The van der Waals surface area contributed by atoms with E-state index in [1.54, 1.807) is 31.2 Å². The summed E-state index contributed by atoms with van der Waals surface area (Å²) < 4.78 is 0. The maximum Gasteiger partial charge on any atom is 0.271 e. The zero-order valence-electron chi connectivity index (χ0n) is 16.7. The Hall–Kier alpha value is -3.99. The van der Waals surface area contributed by atoms with Gasteiger partial charge in [0.2, 0.25) is 5.91 Å². The van der Waals surface area contributed by atoms with Crippen molar-refractivity contribution in [1.82, 2.24) is 5.43 Å². The monoisotopic (exact) mass is 397 g/mol. The van der Waals surface area contributed by atoms with Crippen molar-refractivity contribution in [3.8, 4) is 0 Å². The summed E-state index contributed by atoms with van der Waals surface area (Å²) in [5.74, 6) is -0.403. The van der Waals surface area contributed by atoms with Gasteiger partial charge in [-0.25, -0.2) is 5.43 Å². The molecule has 2 amide bonds. The number of benzene rings is 3. The fourth-order valence-electron chi connectivity index (χ4n) is 2.68. The number of anilines is 1. The van der Waals surface area contributed by atoms with E-state index in [0.717, 1.165) is 11.1 Å². The van der Waals surface area contributed by atoms with Crippen molar-refractivity contribution in [3.63, 3.8) is 0 Å². The number of hydrazone groups is 1. The minimum Gasteiger partial charge on any atom is -0.326 e. The predicted octanol–water partition coefficient (Wildman–Crippen LogP) is 4.88. The molecule has 0 fully saturated rings. The van der Waals surface area contributed by atoms with Gasteiger partial charge in [-0.2, -0.15) is 5.10 Å². The highest BCUT2D eigenvalue weighted by Crippen LogP contribution is 2.11. The molecule has 0 saturated heterocycles. The Labute approximate surface area is 176 Å². The lowest BCUT2D eigenvalue weighted by Gasteiger charge is -2.06. The van der Waals surface area contributed by atoms with Gasteiger partial charge in [-0.15, -0.1) is 0 Å². The van der Waals surface area contributed by atoms with Crippen molar-refractivity contribution in [2.24, 2.45) is 5.10 Å². The molecule has 0 radical (unpaired) electrons. The Morgan fingerprint density at radius 3 is 2.10 bits per heavy atom. The summed E-state index contributed by atoms with van der Waals surface area (Å²) in [6.45, 7) is 1.78. The van der Waals surface area contributed by atoms with Crippen LogP contribution in [0.3, 0.4) is 0 Å². The minimum atomic E-state index is -0.329. The number of rotatable bonds is 7. The summed E-state index contributed by atoms with van der Waals surface area (Å²) in [6.07, 6.45) is 4.22. The summed E-state index contributed by atoms with van der Waals surface area (Å²) in [5.41, 5.74) is 6.29. The fourth-order valence-corrected chi connectivity index (χ4v) is 2.68. The third kappa shape index (κ3) is 6.01. The first-order valence-corrected chi connectivity index (χ1v) is 9.72. The first-order chi connectivity index (χ1) is 14.7. The highest BCUT2D eigenvalue weighted by molar-refractivity contribution is 6.11. The number of nitrogens with zero attached hydrogens (tertiary/aromatic N) is 1. The molecule has 0 aliphatic carbocycles. The molecule has 5 heteroatoms. The zero-order valence-corrected chi connectivity index (χ0v) is 16.7. The second-order valence-corrected chi connectivity index (χ2v) is 6.53. The lowest BCUT2D eigenvalue weighted by atomic mass is 10.1. The van der Waals surface area contributed by atoms with Gasteiger partial charge >= 0.3 is 0 Å². The molecule has 0 aliphatic rings. The standard InChI is InChI=1S/C25H23N3O2/c1-2-24(29)26-22-16-14-21(15-17-22)25(30)28-27-23(20-11-7-4-8-12-20)18-13-19-9-5-3-6-10-19/h3-18H,2H2,1H3,(H,26,29)(H,28,30)/b18-13-,27-23-. The molecule has 0 heterocycles. The summed E-state index contributed by atoms with van der Waals surface area (Å²) >= 11 is 0. The zero-order chi connectivity index (χ0) is 21.2. The first-order valence-electron chi connectivity index (χ1n) is 9.72. The largest absolute Gasteiger partial charge is 0.326 e. The number of carbonyl (C=O) groups is 2. The van der Waals surface area contributed by atoms with Crippen LogP contribution >= 0.6 is 0 Å². The van der Waals surface area contributed by atoms with Crippen LogP contribution in [0.25, 0.3) is 6.08 Å². The Balaban J connectivity index is 1.75. The average Bonchev–Trinajstić information content (AvgIpc) is 2.80. The number of amides is 2. The van der Waals surface area contributed by atoms with Crippen LogP contribution in [-0.4, -0.2) is 17.5 Å². The van der Waals surface area contributed by atoms with Gasteiger partial charge in [-0.1, -0.05) is 73.7 Å². The quantitative estimate of drug-likeness (QED) is 0.440. The molecule has 30 heavy (non-hydrogen) atoms. The smallest absolute Gasteiger partial charge is 0.271 e. The van der Waals surface area contributed by atoms with E-state index in [4.69, 9.17) is 0 Å². The third-order valence-electron chi connectivity index (χ3n) is 4.33. The lowest BCUT2D eigenvalue weighted by Crippen LogP contribution is -2.19. The van der Waals surface area contributed by atoms with Gasteiger partial charge in [-0.05, 0) is 35.9 Å². The number of nitrogens with one attached hydrogen (secondary N) is 2.